The lowest BCUT2D eigenvalue weighted by Gasteiger charge is -2.14. The number of carboxylic acids is 1. The first-order valence-electron chi connectivity index (χ1n) is 5.69. The van der Waals surface area contributed by atoms with Crippen LogP contribution in [-0.4, -0.2) is 22.6 Å². The summed E-state index contributed by atoms with van der Waals surface area (Å²) in [6, 6.07) is 1.48. The fourth-order valence-electron chi connectivity index (χ4n) is 1.81. The summed E-state index contributed by atoms with van der Waals surface area (Å²) < 4.78 is 0. The molecule has 0 spiro atoms. The molecule has 1 saturated carbocycles. The molecule has 0 aromatic carbocycles. The van der Waals surface area contributed by atoms with Gasteiger partial charge in [0.15, 0.2) is 0 Å². The van der Waals surface area contributed by atoms with Gasteiger partial charge in [0.25, 0.3) is 0 Å². The number of nitrogens with one attached hydrogen (secondary N) is 1. The van der Waals surface area contributed by atoms with Gasteiger partial charge in [-0.3, -0.25) is 0 Å². The van der Waals surface area contributed by atoms with Gasteiger partial charge >= 0.3 is 5.97 Å². The topological polar surface area (TPSA) is 62.2 Å². The Morgan fingerprint density at radius 1 is 1.65 bits per heavy atom. The van der Waals surface area contributed by atoms with E-state index in [-0.39, 0.29) is 10.6 Å². The van der Waals surface area contributed by atoms with Crippen molar-refractivity contribution in [3.63, 3.8) is 0 Å². The van der Waals surface area contributed by atoms with Gasteiger partial charge in [-0.2, -0.15) is 0 Å². The Balaban J connectivity index is 2.06. The highest BCUT2D eigenvalue weighted by Crippen LogP contribution is 2.48. The van der Waals surface area contributed by atoms with Gasteiger partial charge in [-0.1, -0.05) is 18.5 Å². The molecule has 5 heteroatoms. The maximum atomic E-state index is 10.9. The molecule has 4 nitrogen and oxygen atoms in total. The van der Waals surface area contributed by atoms with Gasteiger partial charge in [0.05, 0.1) is 10.6 Å². The van der Waals surface area contributed by atoms with E-state index in [1.54, 1.807) is 0 Å². The smallest absolute Gasteiger partial charge is 0.337 e. The van der Waals surface area contributed by atoms with Crippen molar-refractivity contribution in [1.29, 1.82) is 0 Å². The Labute approximate surface area is 105 Å². The van der Waals surface area contributed by atoms with E-state index in [1.807, 2.05) is 0 Å². The lowest BCUT2D eigenvalue weighted by atomic mass is 10.0. The zero-order valence-electron chi connectivity index (χ0n) is 9.66. The van der Waals surface area contributed by atoms with Gasteiger partial charge in [-0.05, 0) is 30.7 Å². The Morgan fingerprint density at radius 3 is 2.88 bits per heavy atom. The predicted molar refractivity (Wildman–Crippen MR) is 66.7 cm³/mol. The van der Waals surface area contributed by atoms with Crippen LogP contribution in [0.5, 0.6) is 0 Å². The lowest BCUT2D eigenvalue weighted by Crippen LogP contribution is -2.15. The van der Waals surface area contributed by atoms with E-state index in [1.165, 1.54) is 25.1 Å². The molecule has 1 aliphatic carbocycles. The number of nitrogens with zero attached hydrogens (tertiary/aromatic N) is 1. The summed E-state index contributed by atoms with van der Waals surface area (Å²) in [5, 5.41) is 12.3. The molecule has 0 radical (unpaired) electrons. The van der Waals surface area contributed by atoms with Crippen molar-refractivity contribution in [3.8, 4) is 0 Å². The largest absolute Gasteiger partial charge is 0.478 e. The first-order chi connectivity index (χ1) is 8.06. The molecule has 0 amide bonds. The molecule has 1 aromatic rings. The highest BCUT2D eigenvalue weighted by molar-refractivity contribution is 6.33. The van der Waals surface area contributed by atoms with Gasteiger partial charge in [0, 0.05) is 12.7 Å². The van der Waals surface area contributed by atoms with Crippen LogP contribution in [0.3, 0.4) is 0 Å². The maximum Gasteiger partial charge on any atom is 0.337 e. The number of aromatic carboxylic acids is 1. The molecule has 1 fully saturated rings. The second kappa shape index (κ2) is 4.53. The van der Waals surface area contributed by atoms with Crippen molar-refractivity contribution >= 4 is 23.4 Å². The molecular formula is C12H15ClN2O2. The molecule has 0 aliphatic heterocycles. The van der Waals surface area contributed by atoms with Gasteiger partial charge in [-0.25, -0.2) is 9.78 Å². The minimum absolute atomic E-state index is 0.0884. The van der Waals surface area contributed by atoms with E-state index in [4.69, 9.17) is 16.7 Å². The number of hydrogen-bond acceptors (Lipinski definition) is 3. The van der Waals surface area contributed by atoms with Crippen LogP contribution in [0.2, 0.25) is 5.02 Å². The fraction of sp³-hybridized carbons (Fsp3) is 0.500. The monoisotopic (exact) mass is 254 g/mol. The highest BCUT2D eigenvalue weighted by Gasteiger charge is 2.40. The molecule has 1 heterocycles. The van der Waals surface area contributed by atoms with E-state index >= 15 is 0 Å². The molecule has 0 bridgehead atoms. The quantitative estimate of drug-likeness (QED) is 0.848. The molecule has 2 N–H and O–H groups in total. The van der Waals surface area contributed by atoms with E-state index < -0.39 is 5.97 Å². The van der Waals surface area contributed by atoms with Crippen molar-refractivity contribution in [1.82, 2.24) is 4.98 Å². The normalized spacial score (nSPS) is 16.6. The van der Waals surface area contributed by atoms with Crippen LogP contribution in [0.1, 0.15) is 36.5 Å². The van der Waals surface area contributed by atoms with Crippen LogP contribution in [0.4, 0.5) is 5.82 Å². The van der Waals surface area contributed by atoms with Crippen molar-refractivity contribution in [2.75, 3.05) is 11.9 Å². The number of rotatable bonds is 5. The zero-order valence-corrected chi connectivity index (χ0v) is 10.4. The maximum absolute atomic E-state index is 10.9. The minimum Gasteiger partial charge on any atom is -0.478 e. The summed E-state index contributed by atoms with van der Waals surface area (Å²) >= 11 is 5.75. The number of pyridine rings is 1. The van der Waals surface area contributed by atoms with Gasteiger partial charge in [0.2, 0.25) is 0 Å². The third kappa shape index (κ3) is 2.69. The van der Waals surface area contributed by atoms with Gasteiger partial charge in [0.1, 0.15) is 5.82 Å². The molecule has 17 heavy (non-hydrogen) atoms. The second-order valence-corrected chi connectivity index (χ2v) is 4.97. The summed E-state index contributed by atoms with van der Waals surface area (Å²) in [4.78, 5) is 15.0. The molecular weight excluding hydrogens is 240 g/mol. The zero-order chi connectivity index (χ0) is 12.5. The number of carbonyl (C=O) groups is 1. The van der Waals surface area contributed by atoms with E-state index in [2.05, 4.69) is 17.2 Å². The summed E-state index contributed by atoms with van der Waals surface area (Å²) in [7, 11) is 0. The first kappa shape index (κ1) is 12.2. The Morgan fingerprint density at radius 2 is 2.35 bits per heavy atom. The van der Waals surface area contributed by atoms with Crippen LogP contribution in [0.25, 0.3) is 0 Å². The Kier molecular flexibility index (Phi) is 3.24. The number of anilines is 1. The van der Waals surface area contributed by atoms with Crippen molar-refractivity contribution in [3.05, 3.63) is 22.8 Å². The number of aromatic nitrogens is 1. The first-order valence-corrected chi connectivity index (χ1v) is 6.07. The third-order valence-electron chi connectivity index (χ3n) is 3.44. The third-order valence-corrected chi connectivity index (χ3v) is 3.74. The average molecular weight is 255 g/mol. The minimum atomic E-state index is -1.03. The molecule has 0 saturated heterocycles. The number of hydrogen-bond donors (Lipinski definition) is 2. The van der Waals surface area contributed by atoms with E-state index in [9.17, 15) is 4.79 Å². The predicted octanol–water partition coefficient (Wildman–Crippen LogP) is 3.04. The Bertz CT molecular complexity index is 444. The van der Waals surface area contributed by atoms with Crippen LogP contribution in [0, 0.1) is 5.41 Å². The van der Waals surface area contributed by atoms with Crippen molar-refractivity contribution in [2.45, 2.75) is 26.2 Å². The number of carboxylic acid groups (broad SMARTS) is 1. The van der Waals surface area contributed by atoms with Crippen molar-refractivity contribution in [2.24, 2.45) is 5.41 Å². The SMILES string of the molecule is CCC1(CNc2cc(C(=O)O)c(Cl)cn2)CC1. The molecule has 2 rings (SSSR count). The summed E-state index contributed by atoms with van der Waals surface area (Å²) in [6.07, 6.45) is 4.98. The molecule has 0 unspecified atom stereocenters. The molecule has 92 valence electrons. The van der Waals surface area contributed by atoms with Crippen LogP contribution in [0.15, 0.2) is 12.3 Å². The van der Waals surface area contributed by atoms with Crippen molar-refractivity contribution < 1.29 is 9.90 Å². The summed E-state index contributed by atoms with van der Waals surface area (Å²) in [5.41, 5.74) is 0.482. The van der Waals surface area contributed by atoms with Crippen LogP contribution < -0.4 is 5.32 Å². The van der Waals surface area contributed by atoms with Crippen LogP contribution in [-0.2, 0) is 0 Å². The van der Waals surface area contributed by atoms with Gasteiger partial charge in [-0.15, -0.1) is 0 Å². The highest BCUT2D eigenvalue weighted by atomic mass is 35.5. The molecule has 1 aromatic heterocycles. The van der Waals surface area contributed by atoms with Gasteiger partial charge < -0.3 is 10.4 Å². The van der Waals surface area contributed by atoms with E-state index in [0.717, 1.165) is 13.0 Å². The summed E-state index contributed by atoms with van der Waals surface area (Å²) in [6.45, 7) is 3.02. The Hall–Kier alpha value is -1.29. The average Bonchev–Trinajstić information content (AvgIpc) is 3.08. The summed E-state index contributed by atoms with van der Waals surface area (Å²) in [5.74, 6) is -0.455. The molecule has 0 atom stereocenters. The standard InChI is InChI=1S/C12H15ClN2O2/c1-2-12(3-4-12)7-15-10-5-8(11(16)17)9(13)6-14-10/h5-6H,2-4,7H2,1H3,(H,14,15)(H,16,17). The lowest BCUT2D eigenvalue weighted by molar-refractivity contribution is 0.0697. The molecule has 1 aliphatic rings. The fourth-order valence-corrected chi connectivity index (χ4v) is 1.99. The van der Waals surface area contributed by atoms with Crippen LogP contribution >= 0.6 is 11.6 Å². The van der Waals surface area contributed by atoms with E-state index in [0.29, 0.717) is 11.2 Å². The second-order valence-electron chi connectivity index (χ2n) is 4.56. The number of halogens is 1.